The van der Waals surface area contributed by atoms with Crippen LogP contribution >= 0.6 is 0 Å². The molecule has 4 rings (SSSR count). The van der Waals surface area contributed by atoms with Crippen molar-refractivity contribution in [1.29, 1.82) is 0 Å². The van der Waals surface area contributed by atoms with E-state index in [2.05, 4.69) is 38.1 Å². The van der Waals surface area contributed by atoms with Gasteiger partial charge in [0.2, 0.25) is 5.95 Å². The summed E-state index contributed by atoms with van der Waals surface area (Å²) in [7, 11) is 0. The minimum absolute atomic E-state index is 0.350. The van der Waals surface area contributed by atoms with Crippen molar-refractivity contribution >= 4 is 11.8 Å². The van der Waals surface area contributed by atoms with Crippen LogP contribution in [0.1, 0.15) is 42.4 Å². The van der Waals surface area contributed by atoms with Crippen molar-refractivity contribution in [2.45, 2.75) is 31.1 Å². The monoisotopic (exact) mass is 325 g/mol. The van der Waals surface area contributed by atoms with E-state index >= 15 is 0 Å². The van der Waals surface area contributed by atoms with Gasteiger partial charge in [-0.25, -0.2) is 4.98 Å². The zero-order valence-corrected chi connectivity index (χ0v) is 13.8. The van der Waals surface area contributed by atoms with Crippen LogP contribution < -0.4 is 10.6 Å². The zero-order valence-electron chi connectivity index (χ0n) is 13.8. The highest BCUT2D eigenvalue weighted by atomic mass is 16.5. The molecule has 2 N–H and O–H groups in total. The number of piperidine rings is 1. The number of rotatable bonds is 3. The Hall–Kier alpha value is -2.21. The third-order valence-corrected chi connectivity index (χ3v) is 5.09. The number of ether oxygens (including phenoxy) is 1. The molecule has 2 aromatic heterocycles. The Morgan fingerprint density at radius 3 is 2.54 bits per heavy atom. The summed E-state index contributed by atoms with van der Waals surface area (Å²) < 4.78 is 5.48. The molecular formula is C18H23N5O. The lowest BCUT2D eigenvalue weighted by Gasteiger charge is -2.33. The number of aromatic nitrogens is 3. The van der Waals surface area contributed by atoms with Gasteiger partial charge < -0.3 is 15.4 Å². The fraction of sp³-hybridized carbons (Fsp3) is 0.500. The van der Waals surface area contributed by atoms with E-state index in [1.165, 1.54) is 5.56 Å². The Bertz CT molecular complexity index is 679. The number of anilines is 2. The van der Waals surface area contributed by atoms with Crippen LogP contribution in [0.5, 0.6) is 0 Å². The van der Waals surface area contributed by atoms with Crippen LogP contribution in [0.2, 0.25) is 0 Å². The van der Waals surface area contributed by atoms with Gasteiger partial charge in [-0.2, -0.15) is 4.98 Å². The maximum atomic E-state index is 5.96. The second-order valence-electron chi connectivity index (χ2n) is 6.61. The Balaban J connectivity index is 1.47. The first-order chi connectivity index (χ1) is 11.8. The highest BCUT2D eigenvalue weighted by Crippen LogP contribution is 2.31. The van der Waals surface area contributed by atoms with Crippen LogP contribution in [0.3, 0.4) is 0 Å². The van der Waals surface area contributed by atoms with Gasteiger partial charge in [0.25, 0.3) is 0 Å². The van der Waals surface area contributed by atoms with Gasteiger partial charge in [0.1, 0.15) is 5.82 Å². The van der Waals surface area contributed by atoms with E-state index in [-0.39, 0.29) is 0 Å². The van der Waals surface area contributed by atoms with Crippen LogP contribution in [-0.4, -0.2) is 41.3 Å². The van der Waals surface area contributed by atoms with Crippen molar-refractivity contribution in [2.75, 3.05) is 36.9 Å². The fourth-order valence-electron chi connectivity index (χ4n) is 3.69. The lowest BCUT2D eigenvalue weighted by atomic mass is 9.90. The number of hydrogen-bond acceptors (Lipinski definition) is 6. The van der Waals surface area contributed by atoms with E-state index in [9.17, 15) is 0 Å². The van der Waals surface area contributed by atoms with E-state index < -0.39 is 0 Å². The lowest BCUT2D eigenvalue weighted by molar-refractivity contribution is 0.193. The maximum absolute atomic E-state index is 5.96. The van der Waals surface area contributed by atoms with E-state index in [1.54, 1.807) is 0 Å². The van der Waals surface area contributed by atoms with E-state index in [1.807, 2.05) is 12.4 Å². The van der Waals surface area contributed by atoms with Crippen LogP contribution in [0, 0.1) is 0 Å². The summed E-state index contributed by atoms with van der Waals surface area (Å²) in [5.74, 6) is 2.28. The molecule has 24 heavy (non-hydrogen) atoms. The van der Waals surface area contributed by atoms with Gasteiger partial charge in [0.05, 0.1) is 12.3 Å². The van der Waals surface area contributed by atoms with Crippen LogP contribution in [0.25, 0.3) is 0 Å². The van der Waals surface area contributed by atoms with Gasteiger partial charge in [0, 0.05) is 44.1 Å². The first-order valence-electron chi connectivity index (χ1n) is 8.66. The molecule has 126 valence electrons. The van der Waals surface area contributed by atoms with Crippen molar-refractivity contribution in [3.63, 3.8) is 0 Å². The number of nitrogen functional groups attached to an aromatic ring is 1. The quantitative estimate of drug-likeness (QED) is 0.933. The summed E-state index contributed by atoms with van der Waals surface area (Å²) in [4.78, 5) is 15.3. The topological polar surface area (TPSA) is 77.2 Å². The number of nitrogens with two attached hydrogens (primary N) is 1. The van der Waals surface area contributed by atoms with Crippen LogP contribution in [0.4, 0.5) is 11.8 Å². The predicted molar refractivity (Wildman–Crippen MR) is 93.0 cm³/mol. The van der Waals surface area contributed by atoms with Crippen LogP contribution in [0.15, 0.2) is 30.6 Å². The number of hydrogen-bond donors (Lipinski definition) is 1. The van der Waals surface area contributed by atoms with E-state index in [4.69, 9.17) is 10.5 Å². The smallest absolute Gasteiger partial charge is 0.222 e. The summed E-state index contributed by atoms with van der Waals surface area (Å²) in [5.41, 5.74) is 8.36. The second-order valence-corrected chi connectivity index (χ2v) is 6.61. The van der Waals surface area contributed by atoms with Gasteiger partial charge >= 0.3 is 0 Å². The van der Waals surface area contributed by atoms with Crippen molar-refractivity contribution in [3.05, 3.63) is 41.9 Å². The average Bonchev–Trinajstić information content (AvgIpc) is 3.17. The first kappa shape index (κ1) is 15.3. The molecule has 6 heteroatoms. The highest BCUT2D eigenvalue weighted by molar-refractivity contribution is 5.45. The summed E-state index contributed by atoms with van der Waals surface area (Å²) >= 11 is 0. The summed E-state index contributed by atoms with van der Waals surface area (Å²) in [6.45, 7) is 3.52. The highest BCUT2D eigenvalue weighted by Gasteiger charge is 2.24. The summed E-state index contributed by atoms with van der Waals surface area (Å²) in [6.07, 6.45) is 7.01. The molecule has 2 aromatic rings. The molecule has 2 aliphatic heterocycles. The Kier molecular flexibility index (Phi) is 4.30. The first-order valence-corrected chi connectivity index (χ1v) is 8.66. The largest absolute Gasteiger partial charge is 0.381 e. The zero-order chi connectivity index (χ0) is 16.4. The van der Waals surface area contributed by atoms with Crippen molar-refractivity contribution in [3.8, 4) is 0 Å². The fourth-order valence-corrected chi connectivity index (χ4v) is 3.69. The van der Waals surface area contributed by atoms with Gasteiger partial charge in [-0.3, -0.25) is 4.98 Å². The molecule has 6 nitrogen and oxygen atoms in total. The molecule has 0 aliphatic carbocycles. The molecule has 2 aliphatic rings. The lowest BCUT2D eigenvalue weighted by Crippen LogP contribution is -2.33. The molecule has 0 unspecified atom stereocenters. The Morgan fingerprint density at radius 2 is 1.83 bits per heavy atom. The summed E-state index contributed by atoms with van der Waals surface area (Å²) in [5, 5.41) is 0. The molecule has 0 saturated carbocycles. The van der Waals surface area contributed by atoms with Crippen LogP contribution in [-0.2, 0) is 4.74 Å². The minimum atomic E-state index is 0.350. The third-order valence-electron chi connectivity index (χ3n) is 5.09. The number of nitrogens with zero attached hydrogens (tertiary/aromatic N) is 4. The average molecular weight is 325 g/mol. The normalized spacial score (nSPS) is 22.0. The molecular weight excluding hydrogens is 302 g/mol. The van der Waals surface area contributed by atoms with Gasteiger partial charge in [-0.1, -0.05) is 0 Å². The molecule has 2 fully saturated rings. The summed E-state index contributed by atoms with van der Waals surface area (Å²) in [6, 6.07) is 6.35. The Labute approximate surface area is 142 Å². The van der Waals surface area contributed by atoms with Gasteiger partial charge in [-0.15, -0.1) is 0 Å². The molecule has 4 heterocycles. The van der Waals surface area contributed by atoms with Gasteiger partial charge in [-0.05, 0) is 42.9 Å². The maximum Gasteiger partial charge on any atom is 0.222 e. The third kappa shape index (κ3) is 3.19. The minimum Gasteiger partial charge on any atom is -0.381 e. The molecule has 0 amide bonds. The molecule has 0 radical (unpaired) electrons. The second kappa shape index (κ2) is 6.73. The standard InChI is InChI=1S/C18H23N5O/c19-18-21-16(15-5-10-24-12-15)11-17(22-18)23-8-3-14(4-9-23)13-1-6-20-7-2-13/h1-2,6-7,11,14-15H,3-5,8-10,12H2,(H2,19,21,22)/t15-/m1/s1. The molecule has 1 atom stereocenters. The molecule has 0 spiro atoms. The van der Waals surface area contributed by atoms with Crippen molar-refractivity contribution in [1.82, 2.24) is 15.0 Å². The van der Waals surface area contributed by atoms with Gasteiger partial charge in [0.15, 0.2) is 0 Å². The molecule has 2 saturated heterocycles. The molecule has 0 aromatic carbocycles. The SMILES string of the molecule is Nc1nc([C@@H]2CCOC2)cc(N2CCC(c3ccncc3)CC2)n1. The van der Waals surface area contributed by atoms with Crippen molar-refractivity contribution < 1.29 is 4.74 Å². The van der Waals surface area contributed by atoms with E-state index in [0.29, 0.717) is 17.8 Å². The Morgan fingerprint density at radius 1 is 1.04 bits per heavy atom. The predicted octanol–water partition coefficient (Wildman–Crippen LogP) is 2.34. The van der Waals surface area contributed by atoms with Crippen molar-refractivity contribution in [2.24, 2.45) is 0 Å². The van der Waals surface area contributed by atoms with E-state index in [0.717, 1.165) is 57.1 Å². The molecule has 0 bridgehead atoms. The number of pyridine rings is 1.